The van der Waals surface area contributed by atoms with Crippen molar-refractivity contribution >= 4 is 23.3 Å². The average Bonchev–Trinajstić information content (AvgIpc) is 2.94. The van der Waals surface area contributed by atoms with Crippen LogP contribution in [0.3, 0.4) is 0 Å². The summed E-state index contributed by atoms with van der Waals surface area (Å²) in [6.07, 6.45) is 5.88. The number of nitrogens with two attached hydrogens (primary N) is 1. The van der Waals surface area contributed by atoms with Crippen LogP contribution in [-0.2, 0) is 4.79 Å². The number of carbonyl (C=O) groups is 1. The molecule has 0 radical (unpaired) electrons. The molecule has 3 rings (SSSR count). The second-order valence-corrected chi connectivity index (χ2v) is 5.22. The van der Waals surface area contributed by atoms with E-state index in [1.165, 1.54) is 0 Å². The molecule has 19 heavy (non-hydrogen) atoms. The quantitative estimate of drug-likeness (QED) is 0.648. The molecule has 0 spiro atoms. The largest absolute Gasteiger partial charge is 0.369 e. The number of halogens is 2. The lowest BCUT2D eigenvalue weighted by atomic mass is 9.88. The van der Waals surface area contributed by atoms with Gasteiger partial charge in [0.1, 0.15) is 0 Å². The Morgan fingerprint density at radius 3 is 2.95 bits per heavy atom. The number of carbonyl (C=O) groups excluding carboxylic acids is 1. The summed E-state index contributed by atoms with van der Waals surface area (Å²) < 4.78 is 13.6. The number of primary amides is 1. The highest BCUT2D eigenvalue weighted by molar-refractivity contribution is 6.28. The van der Waals surface area contributed by atoms with Crippen molar-refractivity contribution in [3.63, 3.8) is 0 Å². The van der Waals surface area contributed by atoms with Crippen molar-refractivity contribution in [2.45, 2.75) is 12.5 Å². The Hall–Kier alpha value is -1.69. The summed E-state index contributed by atoms with van der Waals surface area (Å²) in [7, 11) is 0. The van der Waals surface area contributed by atoms with Crippen LogP contribution >= 0.6 is 11.6 Å². The fourth-order valence-electron chi connectivity index (χ4n) is 3.01. The van der Waals surface area contributed by atoms with Crippen LogP contribution in [0.15, 0.2) is 18.3 Å². The van der Waals surface area contributed by atoms with Gasteiger partial charge in [-0.1, -0.05) is 12.2 Å². The summed E-state index contributed by atoms with van der Waals surface area (Å²) in [5, 5.41) is 2.91. The van der Waals surface area contributed by atoms with E-state index in [-0.39, 0.29) is 40.8 Å². The first kappa shape index (κ1) is 12.3. The smallest absolute Gasteiger partial charge is 0.224 e. The van der Waals surface area contributed by atoms with E-state index in [1.807, 2.05) is 12.2 Å². The molecule has 1 fully saturated rings. The Morgan fingerprint density at radius 2 is 2.21 bits per heavy atom. The van der Waals surface area contributed by atoms with Gasteiger partial charge in [-0.3, -0.25) is 4.79 Å². The number of rotatable bonds is 3. The monoisotopic (exact) mass is 282 g/mol. The lowest BCUT2D eigenvalue weighted by Crippen LogP contribution is -2.41. The van der Waals surface area contributed by atoms with Gasteiger partial charge in [0.05, 0.1) is 12.1 Å². The summed E-state index contributed by atoms with van der Waals surface area (Å²) in [5.41, 5.74) is 5.43. The minimum Gasteiger partial charge on any atom is -0.369 e. The zero-order chi connectivity index (χ0) is 13.6. The maximum Gasteiger partial charge on any atom is 0.224 e. The van der Waals surface area contributed by atoms with Gasteiger partial charge in [-0.2, -0.15) is 4.98 Å². The lowest BCUT2D eigenvalue weighted by Gasteiger charge is -2.27. The molecular weight excluding hydrogens is 271 g/mol. The van der Waals surface area contributed by atoms with E-state index >= 15 is 0 Å². The molecule has 0 aliphatic heterocycles. The topological polar surface area (TPSA) is 80.9 Å². The van der Waals surface area contributed by atoms with Gasteiger partial charge < -0.3 is 11.1 Å². The molecule has 1 saturated carbocycles. The lowest BCUT2D eigenvalue weighted by molar-refractivity contribution is -0.122. The highest BCUT2D eigenvalue weighted by Gasteiger charge is 2.47. The molecule has 1 unspecified atom stereocenters. The van der Waals surface area contributed by atoms with E-state index < -0.39 is 5.82 Å². The predicted molar refractivity (Wildman–Crippen MR) is 67.8 cm³/mol. The van der Waals surface area contributed by atoms with E-state index in [2.05, 4.69) is 15.3 Å². The minimum absolute atomic E-state index is 0.0113. The fourth-order valence-corrected chi connectivity index (χ4v) is 3.14. The van der Waals surface area contributed by atoms with E-state index in [1.54, 1.807) is 0 Å². The second-order valence-electron chi connectivity index (χ2n) is 4.88. The summed E-state index contributed by atoms with van der Waals surface area (Å²) in [6, 6.07) is -0.243. The number of hydrogen-bond acceptors (Lipinski definition) is 4. The summed E-state index contributed by atoms with van der Waals surface area (Å²) in [6.45, 7) is 0. The normalized spacial score (nSPS) is 31.7. The van der Waals surface area contributed by atoms with Crippen LogP contribution < -0.4 is 11.1 Å². The van der Waals surface area contributed by atoms with Crippen LogP contribution in [0.4, 0.5) is 10.2 Å². The first-order chi connectivity index (χ1) is 9.06. The van der Waals surface area contributed by atoms with Crippen molar-refractivity contribution in [3.05, 3.63) is 29.4 Å². The van der Waals surface area contributed by atoms with Crippen LogP contribution in [0.5, 0.6) is 0 Å². The molecule has 0 saturated heterocycles. The molecule has 1 amide bonds. The first-order valence-electron chi connectivity index (χ1n) is 5.98. The number of anilines is 1. The average molecular weight is 283 g/mol. The number of nitrogens with zero attached hydrogens (tertiary/aromatic N) is 2. The van der Waals surface area contributed by atoms with Crippen LogP contribution in [0, 0.1) is 23.6 Å². The van der Waals surface area contributed by atoms with Crippen molar-refractivity contribution in [2.24, 2.45) is 23.5 Å². The van der Waals surface area contributed by atoms with Gasteiger partial charge in [0, 0.05) is 6.04 Å². The van der Waals surface area contributed by atoms with Gasteiger partial charge in [-0.15, -0.1) is 0 Å². The third-order valence-corrected chi connectivity index (χ3v) is 3.99. The standard InChI is InChI=1S/C12H12ClFN4O/c13-12-16-4-7(14)11(18-12)17-9-6-2-1-5(3-6)8(9)10(15)19/h1-2,4-6,8-9H,3H2,(H2,15,19)(H,16,17,18)/t5-,6+,8?,9-/m0/s1. The van der Waals surface area contributed by atoms with Crippen molar-refractivity contribution in [2.75, 3.05) is 5.32 Å². The Labute approximate surface area is 114 Å². The van der Waals surface area contributed by atoms with Crippen molar-refractivity contribution in [1.82, 2.24) is 9.97 Å². The van der Waals surface area contributed by atoms with Gasteiger partial charge in [0.25, 0.3) is 0 Å². The molecule has 100 valence electrons. The van der Waals surface area contributed by atoms with Crippen LogP contribution in [0.25, 0.3) is 0 Å². The molecule has 0 aromatic carbocycles. The third-order valence-electron chi connectivity index (χ3n) is 3.81. The Morgan fingerprint density at radius 1 is 1.47 bits per heavy atom. The van der Waals surface area contributed by atoms with Gasteiger partial charge in [0.15, 0.2) is 11.6 Å². The second kappa shape index (κ2) is 4.45. The summed E-state index contributed by atoms with van der Waals surface area (Å²) >= 11 is 5.65. The van der Waals surface area contributed by atoms with Crippen molar-refractivity contribution in [3.8, 4) is 0 Å². The molecule has 3 N–H and O–H groups in total. The molecule has 1 aromatic heterocycles. The van der Waals surface area contributed by atoms with Gasteiger partial charge in [0.2, 0.25) is 11.2 Å². The number of amides is 1. The molecule has 2 aliphatic carbocycles. The zero-order valence-electron chi connectivity index (χ0n) is 9.88. The number of aromatic nitrogens is 2. The number of fused-ring (bicyclic) bond motifs is 2. The third kappa shape index (κ3) is 2.06. The molecular formula is C12H12ClFN4O. The van der Waals surface area contributed by atoms with Crippen LogP contribution in [0.2, 0.25) is 5.28 Å². The number of hydrogen-bond donors (Lipinski definition) is 2. The highest BCUT2D eigenvalue weighted by atomic mass is 35.5. The number of allylic oxidation sites excluding steroid dienone is 1. The molecule has 7 heteroatoms. The van der Waals surface area contributed by atoms with Crippen molar-refractivity contribution in [1.29, 1.82) is 0 Å². The fraction of sp³-hybridized carbons (Fsp3) is 0.417. The first-order valence-corrected chi connectivity index (χ1v) is 6.36. The van der Waals surface area contributed by atoms with Crippen molar-refractivity contribution < 1.29 is 9.18 Å². The molecule has 1 heterocycles. The Kier molecular flexibility index (Phi) is 2.89. The van der Waals surface area contributed by atoms with E-state index in [9.17, 15) is 9.18 Å². The molecule has 4 atom stereocenters. The van der Waals surface area contributed by atoms with Gasteiger partial charge in [-0.25, -0.2) is 9.37 Å². The van der Waals surface area contributed by atoms with E-state index in [0.717, 1.165) is 12.6 Å². The maximum atomic E-state index is 13.6. The number of nitrogens with one attached hydrogen (secondary N) is 1. The maximum absolute atomic E-state index is 13.6. The van der Waals surface area contributed by atoms with Crippen LogP contribution in [-0.4, -0.2) is 21.9 Å². The molecule has 1 aromatic rings. The highest BCUT2D eigenvalue weighted by Crippen LogP contribution is 2.44. The van der Waals surface area contributed by atoms with E-state index in [0.29, 0.717) is 0 Å². The Bertz CT molecular complexity index is 565. The van der Waals surface area contributed by atoms with E-state index in [4.69, 9.17) is 17.3 Å². The van der Waals surface area contributed by atoms with Crippen LogP contribution in [0.1, 0.15) is 6.42 Å². The predicted octanol–water partition coefficient (Wildman–Crippen LogP) is 1.36. The Balaban J connectivity index is 1.88. The molecule has 2 aliphatic rings. The summed E-state index contributed by atoms with van der Waals surface area (Å²) in [4.78, 5) is 18.9. The summed E-state index contributed by atoms with van der Waals surface area (Å²) in [5.74, 6) is -1.02. The van der Waals surface area contributed by atoms with Gasteiger partial charge >= 0.3 is 0 Å². The SMILES string of the molecule is NC(=O)C1[C@@H](Nc2nc(Cl)ncc2F)[C@@H]2C=C[C@H]1C2. The minimum atomic E-state index is -0.598. The zero-order valence-corrected chi connectivity index (χ0v) is 10.6. The molecule has 2 bridgehead atoms. The molecule has 5 nitrogen and oxygen atoms in total. The van der Waals surface area contributed by atoms with Gasteiger partial charge in [-0.05, 0) is 29.9 Å².